The Kier molecular flexibility index (Phi) is 3.64. The highest BCUT2D eigenvalue weighted by Crippen LogP contribution is 2.44. The summed E-state index contributed by atoms with van der Waals surface area (Å²) >= 11 is 0. The number of halogens is 1. The van der Waals surface area contributed by atoms with Gasteiger partial charge in [-0.1, -0.05) is 0 Å². The average Bonchev–Trinajstić information content (AvgIpc) is 3.31. The second-order valence-corrected chi connectivity index (χ2v) is 6.04. The molecule has 0 spiro atoms. The number of H-pyrrole nitrogens is 1. The van der Waals surface area contributed by atoms with E-state index in [1.54, 1.807) is 19.1 Å². The zero-order valence-electron chi connectivity index (χ0n) is 14.1. The number of nitrogens with one attached hydrogen (secondary N) is 2. The number of amides is 1. The number of fused-ring (bicyclic) bond motifs is 1. The lowest BCUT2D eigenvalue weighted by Gasteiger charge is -2.12. The molecule has 0 aliphatic carbocycles. The molecule has 0 saturated carbocycles. The molecular formula is C19H15FN2O4. The molecule has 0 radical (unpaired) electrons. The Balaban J connectivity index is 2.01. The van der Waals surface area contributed by atoms with Crippen LogP contribution in [0.5, 0.6) is 0 Å². The van der Waals surface area contributed by atoms with Crippen molar-refractivity contribution in [1.82, 2.24) is 4.98 Å². The molecule has 1 amide bonds. The first-order valence-electron chi connectivity index (χ1n) is 7.96. The van der Waals surface area contributed by atoms with E-state index in [4.69, 9.17) is 9.15 Å². The van der Waals surface area contributed by atoms with Gasteiger partial charge >= 0.3 is 5.97 Å². The van der Waals surface area contributed by atoms with Gasteiger partial charge in [0.15, 0.2) is 0 Å². The van der Waals surface area contributed by atoms with Crippen LogP contribution >= 0.6 is 0 Å². The second kappa shape index (κ2) is 5.87. The molecule has 2 N–H and O–H groups in total. The number of aromatic nitrogens is 1. The third-order valence-corrected chi connectivity index (χ3v) is 4.52. The number of ether oxygens (including phenoxy) is 1. The van der Waals surface area contributed by atoms with Crippen molar-refractivity contribution in [2.45, 2.75) is 12.8 Å². The number of methoxy groups -OCH3 is 1. The van der Waals surface area contributed by atoms with Crippen LogP contribution < -0.4 is 5.32 Å². The van der Waals surface area contributed by atoms with E-state index in [9.17, 15) is 14.0 Å². The van der Waals surface area contributed by atoms with Gasteiger partial charge in [-0.25, -0.2) is 9.18 Å². The molecule has 0 bridgehead atoms. The van der Waals surface area contributed by atoms with E-state index < -0.39 is 17.7 Å². The fourth-order valence-electron chi connectivity index (χ4n) is 3.43. The third-order valence-electron chi connectivity index (χ3n) is 4.52. The topological polar surface area (TPSA) is 84.3 Å². The highest BCUT2D eigenvalue weighted by Gasteiger charge is 2.39. The number of hydrogen-bond donors (Lipinski definition) is 2. The Hall–Kier alpha value is -3.35. The molecular weight excluding hydrogens is 339 g/mol. The number of carbonyl (C=O) groups excluding carboxylic acids is 2. The maximum absolute atomic E-state index is 13.8. The SMILES string of the molecule is COC(=O)c1c(C)[nH]c(-c2ccco2)c1[C@H]1C(=O)Nc2ccc(F)cc21. The first-order valence-corrected chi connectivity index (χ1v) is 7.96. The Bertz CT molecular complexity index is 1020. The van der Waals surface area contributed by atoms with Crippen LogP contribution in [-0.2, 0) is 9.53 Å². The van der Waals surface area contributed by atoms with E-state index >= 15 is 0 Å². The lowest BCUT2D eigenvalue weighted by molar-refractivity contribution is -0.116. The minimum Gasteiger partial charge on any atom is -0.465 e. The van der Waals surface area contributed by atoms with Crippen LogP contribution in [0, 0.1) is 12.7 Å². The first kappa shape index (κ1) is 16.1. The molecule has 0 saturated heterocycles. The summed E-state index contributed by atoms with van der Waals surface area (Å²) in [5, 5.41) is 2.74. The molecule has 1 aliphatic rings. The molecule has 2 aromatic heterocycles. The van der Waals surface area contributed by atoms with Gasteiger partial charge in [-0.3, -0.25) is 4.79 Å². The van der Waals surface area contributed by atoms with Crippen molar-refractivity contribution in [3.05, 3.63) is 64.8 Å². The van der Waals surface area contributed by atoms with E-state index in [2.05, 4.69) is 10.3 Å². The van der Waals surface area contributed by atoms with E-state index in [1.165, 1.54) is 31.6 Å². The predicted molar refractivity (Wildman–Crippen MR) is 91.4 cm³/mol. The molecule has 1 aromatic carbocycles. The summed E-state index contributed by atoms with van der Waals surface area (Å²) in [6.07, 6.45) is 1.50. The van der Waals surface area contributed by atoms with Gasteiger partial charge in [0.1, 0.15) is 11.6 Å². The molecule has 132 valence electrons. The van der Waals surface area contributed by atoms with Gasteiger partial charge in [-0.05, 0) is 42.8 Å². The van der Waals surface area contributed by atoms with Crippen LogP contribution in [0.25, 0.3) is 11.5 Å². The van der Waals surface area contributed by atoms with Crippen molar-refractivity contribution in [2.75, 3.05) is 12.4 Å². The molecule has 6 nitrogen and oxygen atoms in total. The van der Waals surface area contributed by atoms with Gasteiger partial charge in [0.2, 0.25) is 5.91 Å². The smallest absolute Gasteiger partial charge is 0.340 e. The van der Waals surface area contributed by atoms with E-state index in [1.807, 2.05) is 0 Å². The number of carbonyl (C=O) groups is 2. The molecule has 1 aliphatic heterocycles. The molecule has 26 heavy (non-hydrogen) atoms. The number of aryl methyl sites for hydroxylation is 1. The number of hydrogen-bond acceptors (Lipinski definition) is 4. The van der Waals surface area contributed by atoms with Crippen LogP contribution in [0.2, 0.25) is 0 Å². The number of aromatic amines is 1. The Labute approximate surface area is 148 Å². The summed E-state index contributed by atoms with van der Waals surface area (Å²) in [6.45, 7) is 1.71. The highest BCUT2D eigenvalue weighted by molar-refractivity contribution is 6.08. The summed E-state index contributed by atoms with van der Waals surface area (Å²) < 4.78 is 24.2. The molecule has 0 fully saturated rings. The van der Waals surface area contributed by atoms with Gasteiger partial charge in [-0.15, -0.1) is 0 Å². The minimum absolute atomic E-state index is 0.246. The van der Waals surface area contributed by atoms with Gasteiger partial charge in [-0.2, -0.15) is 0 Å². The van der Waals surface area contributed by atoms with E-state index in [-0.39, 0.29) is 11.5 Å². The van der Waals surface area contributed by atoms with Crippen LogP contribution in [-0.4, -0.2) is 24.0 Å². The highest BCUT2D eigenvalue weighted by atomic mass is 19.1. The predicted octanol–water partition coefficient (Wildman–Crippen LogP) is 3.59. The summed E-state index contributed by atoms with van der Waals surface area (Å²) in [5.41, 5.74) is 2.66. The maximum Gasteiger partial charge on any atom is 0.340 e. The minimum atomic E-state index is -0.861. The van der Waals surface area contributed by atoms with Crippen LogP contribution in [0.4, 0.5) is 10.1 Å². The summed E-state index contributed by atoms with van der Waals surface area (Å²) in [6, 6.07) is 7.50. The summed E-state index contributed by atoms with van der Waals surface area (Å²) in [4.78, 5) is 28.2. The zero-order valence-corrected chi connectivity index (χ0v) is 14.1. The van der Waals surface area contributed by atoms with Crippen molar-refractivity contribution in [1.29, 1.82) is 0 Å². The number of benzene rings is 1. The Morgan fingerprint density at radius 2 is 2.12 bits per heavy atom. The molecule has 3 aromatic rings. The lowest BCUT2D eigenvalue weighted by atomic mass is 9.88. The largest absolute Gasteiger partial charge is 0.465 e. The molecule has 7 heteroatoms. The first-order chi connectivity index (χ1) is 12.5. The van der Waals surface area contributed by atoms with Gasteiger partial charge in [0, 0.05) is 16.9 Å². The van der Waals surface area contributed by atoms with Crippen molar-refractivity contribution >= 4 is 17.6 Å². The fraction of sp³-hybridized carbons (Fsp3) is 0.158. The van der Waals surface area contributed by atoms with Gasteiger partial charge in [0.25, 0.3) is 0 Å². The second-order valence-electron chi connectivity index (χ2n) is 6.04. The van der Waals surface area contributed by atoms with Gasteiger partial charge in [0.05, 0.1) is 30.5 Å². The summed E-state index contributed by atoms with van der Waals surface area (Å²) in [7, 11) is 1.27. The van der Waals surface area contributed by atoms with Crippen molar-refractivity contribution in [2.24, 2.45) is 0 Å². The third kappa shape index (κ3) is 2.32. The van der Waals surface area contributed by atoms with E-state index in [0.717, 1.165) is 0 Å². The average molecular weight is 354 g/mol. The van der Waals surface area contributed by atoms with Crippen LogP contribution in [0.3, 0.4) is 0 Å². The quantitative estimate of drug-likeness (QED) is 0.704. The van der Waals surface area contributed by atoms with E-state index in [0.29, 0.717) is 34.0 Å². The normalized spacial score (nSPS) is 15.7. The fourth-order valence-corrected chi connectivity index (χ4v) is 3.43. The van der Waals surface area contributed by atoms with Crippen molar-refractivity contribution < 1.29 is 23.1 Å². The number of furan rings is 1. The molecule has 1 atom stereocenters. The number of anilines is 1. The van der Waals surface area contributed by atoms with Crippen molar-refractivity contribution in [3.63, 3.8) is 0 Å². The standard InChI is InChI=1S/C19H15FN2O4/c1-9-14(19(24)25-2)16(17(21-9)13-4-3-7-26-13)15-11-8-10(20)5-6-12(11)22-18(15)23/h3-8,15,21H,1-2H3,(H,22,23)/t15-/m0/s1. The summed E-state index contributed by atoms with van der Waals surface area (Å²) in [5.74, 6) is -1.78. The maximum atomic E-state index is 13.8. The van der Waals surface area contributed by atoms with Crippen LogP contribution in [0.15, 0.2) is 41.0 Å². The Morgan fingerprint density at radius 1 is 1.31 bits per heavy atom. The van der Waals surface area contributed by atoms with Gasteiger partial charge < -0.3 is 19.5 Å². The molecule has 4 rings (SSSR count). The van der Waals surface area contributed by atoms with Crippen molar-refractivity contribution in [3.8, 4) is 11.5 Å². The van der Waals surface area contributed by atoms with Crippen LogP contribution in [0.1, 0.15) is 33.1 Å². The number of rotatable bonds is 3. The molecule has 3 heterocycles. The zero-order chi connectivity index (χ0) is 18.4. The Morgan fingerprint density at radius 3 is 2.81 bits per heavy atom. The lowest BCUT2D eigenvalue weighted by Crippen LogP contribution is -2.17. The monoisotopic (exact) mass is 354 g/mol. The number of esters is 1. The molecule has 0 unspecified atom stereocenters.